The molecule has 4 aromatic rings. The number of hydrogen-bond acceptors (Lipinski definition) is 11. The maximum atomic E-state index is 13.2. The Morgan fingerprint density at radius 1 is 0.761 bits per heavy atom. The fourth-order valence-corrected chi connectivity index (χ4v) is 6.39. The molecule has 0 aliphatic carbocycles. The summed E-state index contributed by atoms with van der Waals surface area (Å²) in [7, 11) is 3.49. The first kappa shape index (κ1) is 34.5. The standard InChI is InChI=1S/C33H46N8O4S/c1-23(2)37-33-39-31(38-32(40-33)35-22-24-14-11-18-28(44-5)30(24)45-6)34-20-9-7-8-10-21-36-46(42,43)29-19-13-15-25-26(29)16-12-17-27(25)41(3)4/h11-19,23,36H,7-10,20-22H2,1-6H3,(H3,34,35,37,38,39,40). The van der Waals surface area contributed by atoms with E-state index in [1.807, 2.05) is 75.3 Å². The largest absolute Gasteiger partial charge is 0.493 e. The van der Waals surface area contributed by atoms with Crippen molar-refractivity contribution >= 4 is 44.3 Å². The van der Waals surface area contributed by atoms with Crippen molar-refractivity contribution in [3.63, 3.8) is 0 Å². The molecular weight excluding hydrogens is 604 g/mol. The van der Waals surface area contributed by atoms with Crippen LogP contribution in [0.25, 0.3) is 10.8 Å². The topological polar surface area (TPSA) is 143 Å². The van der Waals surface area contributed by atoms with Gasteiger partial charge in [0.1, 0.15) is 0 Å². The average Bonchev–Trinajstić information content (AvgIpc) is 3.03. The van der Waals surface area contributed by atoms with Crippen LogP contribution in [0.1, 0.15) is 45.1 Å². The number of benzene rings is 3. The van der Waals surface area contributed by atoms with Gasteiger partial charge < -0.3 is 30.3 Å². The van der Waals surface area contributed by atoms with Gasteiger partial charge in [0.2, 0.25) is 27.9 Å². The van der Waals surface area contributed by atoms with Crippen LogP contribution in [0.3, 0.4) is 0 Å². The van der Waals surface area contributed by atoms with E-state index >= 15 is 0 Å². The molecule has 0 radical (unpaired) electrons. The van der Waals surface area contributed by atoms with E-state index in [9.17, 15) is 8.42 Å². The molecule has 0 atom stereocenters. The number of nitrogens with zero attached hydrogens (tertiary/aromatic N) is 4. The summed E-state index contributed by atoms with van der Waals surface area (Å²) in [6, 6.07) is 17.0. The summed E-state index contributed by atoms with van der Waals surface area (Å²) in [6.07, 6.45) is 3.43. The Bertz CT molecular complexity index is 1700. The van der Waals surface area contributed by atoms with Gasteiger partial charge >= 0.3 is 0 Å². The Morgan fingerprint density at radius 2 is 1.41 bits per heavy atom. The average molecular weight is 651 g/mol. The summed E-state index contributed by atoms with van der Waals surface area (Å²) >= 11 is 0. The molecule has 12 nitrogen and oxygen atoms in total. The highest BCUT2D eigenvalue weighted by molar-refractivity contribution is 7.89. The van der Waals surface area contributed by atoms with E-state index in [0.717, 1.165) is 47.7 Å². The Morgan fingerprint density at radius 3 is 2.11 bits per heavy atom. The summed E-state index contributed by atoms with van der Waals surface area (Å²) in [6.45, 7) is 5.53. The van der Waals surface area contributed by atoms with E-state index in [-0.39, 0.29) is 6.04 Å². The minimum absolute atomic E-state index is 0.148. The van der Waals surface area contributed by atoms with Crippen molar-refractivity contribution in [2.24, 2.45) is 0 Å². The fraction of sp³-hybridized carbons (Fsp3) is 0.424. The lowest BCUT2D eigenvalue weighted by atomic mass is 10.1. The summed E-state index contributed by atoms with van der Waals surface area (Å²) in [4.78, 5) is 15.9. The van der Waals surface area contributed by atoms with Crippen LogP contribution in [-0.2, 0) is 16.6 Å². The van der Waals surface area contributed by atoms with Gasteiger partial charge in [-0.25, -0.2) is 13.1 Å². The Labute approximate surface area is 272 Å². The van der Waals surface area contributed by atoms with Crippen LogP contribution in [0.5, 0.6) is 11.5 Å². The molecule has 0 aliphatic rings. The third-order valence-electron chi connectivity index (χ3n) is 7.28. The van der Waals surface area contributed by atoms with Crippen molar-refractivity contribution in [3.05, 3.63) is 60.2 Å². The first-order chi connectivity index (χ1) is 22.1. The van der Waals surface area contributed by atoms with Gasteiger partial charge in [0.25, 0.3) is 0 Å². The van der Waals surface area contributed by atoms with E-state index in [1.165, 1.54) is 0 Å². The minimum Gasteiger partial charge on any atom is -0.493 e. The van der Waals surface area contributed by atoms with E-state index < -0.39 is 10.0 Å². The van der Waals surface area contributed by atoms with Crippen LogP contribution in [0.2, 0.25) is 0 Å². The lowest BCUT2D eigenvalue weighted by Crippen LogP contribution is -2.25. The Kier molecular flexibility index (Phi) is 12.2. The molecule has 0 aliphatic heterocycles. The molecule has 3 aromatic carbocycles. The number of ether oxygens (including phenoxy) is 2. The second-order valence-corrected chi connectivity index (χ2v) is 13.1. The molecule has 0 saturated heterocycles. The molecule has 46 heavy (non-hydrogen) atoms. The maximum Gasteiger partial charge on any atom is 0.241 e. The zero-order chi connectivity index (χ0) is 33.1. The number of methoxy groups -OCH3 is 2. The maximum absolute atomic E-state index is 13.2. The number of unbranched alkanes of at least 4 members (excludes halogenated alkanes) is 3. The minimum atomic E-state index is -3.64. The Balaban J connectivity index is 1.26. The lowest BCUT2D eigenvalue weighted by Gasteiger charge is -2.17. The third kappa shape index (κ3) is 9.10. The SMILES string of the molecule is COc1cccc(CNc2nc(NCCCCCCNS(=O)(=O)c3cccc4c(N(C)C)cccc34)nc(NC(C)C)n2)c1OC. The van der Waals surface area contributed by atoms with Crippen LogP contribution in [0, 0.1) is 0 Å². The molecule has 4 rings (SSSR count). The zero-order valence-corrected chi connectivity index (χ0v) is 28.4. The van der Waals surface area contributed by atoms with E-state index in [0.29, 0.717) is 53.9 Å². The van der Waals surface area contributed by atoms with Crippen molar-refractivity contribution in [2.75, 3.05) is 62.3 Å². The molecule has 0 spiro atoms. The number of sulfonamides is 1. The number of hydrogen-bond donors (Lipinski definition) is 4. The normalized spacial score (nSPS) is 11.5. The highest BCUT2D eigenvalue weighted by Gasteiger charge is 2.18. The number of fused-ring (bicyclic) bond motifs is 1. The first-order valence-electron chi connectivity index (χ1n) is 15.5. The summed E-state index contributed by atoms with van der Waals surface area (Å²) in [5.74, 6) is 2.69. The summed E-state index contributed by atoms with van der Waals surface area (Å²) in [5.41, 5.74) is 1.89. The second kappa shape index (κ2) is 16.3. The van der Waals surface area contributed by atoms with Crippen LogP contribution >= 0.6 is 0 Å². The molecule has 0 fully saturated rings. The molecular formula is C33H46N8O4S. The van der Waals surface area contributed by atoms with E-state index in [2.05, 4.69) is 35.6 Å². The van der Waals surface area contributed by atoms with Gasteiger partial charge in [0, 0.05) is 61.8 Å². The van der Waals surface area contributed by atoms with Crippen molar-refractivity contribution < 1.29 is 17.9 Å². The predicted octanol–water partition coefficient (Wildman–Crippen LogP) is 5.49. The molecule has 248 valence electrons. The molecule has 1 aromatic heterocycles. The highest BCUT2D eigenvalue weighted by atomic mass is 32.2. The molecule has 0 bridgehead atoms. The van der Waals surface area contributed by atoms with Gasteiger partial charge in [0.05, 0.1) is 19.1 Å². The smallest absolute Gasteiger partial charge is 0.241 e. The van der Waals surface area contributed by atoms with Gasteiger partial charge in [-0.15, -0.1) is 0 Å². The summed E-state index contributed by atoms with van der Waals surface area (Å²) in [5, 5.41) is 11.4. The fourth-order valence-electron chi connectivity index (χ4n) is 5.10. The van der Waals surface area contributed by atoms with Gasteiger partial charge in [-0.05, 0) is 44.9 Å². The van der Waals surface area contributed by atoms with Crippen molar-refractivity contribution in [1.29, 1.82) is 0 Å². The van der Waals surface area contributed by atoms with Crippen molar-refractivity contribution in [3.8, 4) is 11.5 Å². The number of rotatable bonds is 18. The first-order valence-corrected chi connectivity index (χ1v) is 17.0. The number of anilines is 4. The van der Waals surface area contributed by atoms with E-state index in [4.69, 9.17) is 9.47 Å². The van der Waals surface area contributed by atoms with Crippen molar-refractivity contribution in [2.45, 2.75) is 57.0 Å². The second-order valence-electron chi connectivity index (χ2n) is 11.4. The summed E-state index contributed by atoms with van der Waals surface area (Å²) < 4.78 is 40.0. The van der Waals surface area contributed by atoms with E-state index in [1.54, 1.807) is 26.4 Å². The van der Waals surface area contributed by atoms with Crippen LogP contribution in [-0.4, -0.2) is 70.8 Å². The molecule has 0 amide bonds. The molecule has 0 saturated carbocycles. The molecule has 0 unspecified atom stereocenters. The van der Waals surface area contributed by atoms with Crippen LogP contribution in [0.15, 0.2) is 59.5 Å². The van der Waals surface area contributed by atoms with Crippen molar-refractivity contribution in [1.82, 2.24) is 19.7 Å². The molecule has 13 heteroatoms. The van der Waals surface area contributed by atoms with Gasteiger partial charge in [-0.1, -0.05) is 49.2 Å². The monoisotopic (exact) mass is 650 g/mol. The number of nitrogens with one attached hydrogen (secondary N) is 4. The highest BCUT2D eigenvalue weighted by Crippen LogP contribution is 2.31. The van der Waals surface area contributed by atoms with Crippen LogP contribution in [0.4, 0.5) is 23.5 Å². The van der Waals surface area contributed by atoms with Gasteiger partial charge in [0.15, 0.2) is 11.5 Å². The van der Waals surface area contributed by atoms with Gasteiger partial charge in [-0.2, -0.15) is 15.0 Å². The van der Waals surface area contributed by atoms with Gasteiger partial charge in [-0.3, -0.25) is 0 Å². The quantitative estimate of drug-likeness (QED) is 0.102. The Hall–Kier alpha value is -4.36. The van der Waals surface area contributed by atoms with Crippen LogP contribution < -0.4 is 35.0 Å². The number of aromatic nitrogens is 3. The molecule has 4 N–H and O–H groups in total. The predicted molar refractivity (Wildman–Crippen MR) is 186 cm³/mol. The zero-order valence-electron chi connectivity index (χ0n) is 27.6. The third-order valence-corrected chi connectivity index (χ3v) is 8.80. The number of para-hydroxylation sites is 1. The lowest BCUT2D eigenvalue weighted by molar-refractivity contribution is 0.352. The molecule has 1 heterocycles.